The molecule has 32 heavy (non-hydrogen) atoms. The van der Waals surface area contributed by atoms with Crippen molar-refractivity contribution in [2.24, 2.45) is 0 Å². The van der Waals surface area contributed by atoms with E-state index in [9.17, 15) is 13.2 Å². The summed E-state index contributed by atoms with van der Waals surface area (Å²) >= 11 is 0. The summed E-state index contributed by atoms with van der Waals surface area (Å²) in [5, 5.41) is 4.10. The second-order valence-electron chi connectivity index (χ2n) is 7.66. The molecule has 0 amide bonds. The Kier molecular flexibility index (Phi) is 5.76. The van der Waals surface area contributed by atoms with Crippen molar-refractivity contribution in [3.05, 3.63) is 99.9 Å². The summed E-state index contributed by atoms with van der Waals surface area (Å²) in [5.41, 5.74) is 4.15. The predicted octanol–water partition coefficient (Wildman–Crippen LogP) is 4.85. The van der Waals surface area contributed by atoms with Crippen LogP contribution in [0, 0.1) is 13.8 Å². The SMILES string of the molecule is Cc1ccc2c(CNc3cccc(S(=O)(=O)N(C)c4ccccc4)c3)cc(=O)oc2c1C. The molecule has 0 saturated heterocycles. The number of rotatable bonds is 6. The lowest BCUT2D eigenvalue weighted by Crippen LogP contribution is -2.26. The van der Waals surface area contributed by atoms with E-state index in [0.29, 0.717) is 23.5 Å². The maximum absolute atomic E-state index is 13.1. The first kappa shape index (κ1) is 21.6. The Labute approximate surface area is 187 Å². The average Bonchev–Trinajstić information content (AvgIpc) is 2.80. The quantitative estimate of drug-likeness (QED) is 0.427. The highest BCUT2D eigenvalue weighted by Crippen LogP contribution is 2.26. The molecule has 1 N–H and O–H groups in total. The van der Waals surface area contributed by atoms with Crippen LogP contribution in [0.4, 0.5) is 11.4 Å². The number of nitrogens with zero attached hydrogens (tertiary/aromatic N) is 1. The predicted molar refractivity (Wildman–Crippen MR) is 128 cm³/mol. The zero-order chi connectivity index (χ0) is 22.9. The molecule has 0 spiro atoms. The number of aryl methyl sites for hydroxylation is 2. The van der Waals surface area contributed by atoms with Crippen molar-refractivity contribution >= 4 is 32.4 Å². The molecule has 0 aliphatic rings. The number of anilines is 2. The molecule has 3 aromatic carbocycles. The maximum Gasteiger partial charge on any atom is 0.336 e. The first-order chi connectivity index (χ1) is 15.3. The molecule has 1 heterocycles. The number of hydrogen-bond donors (Lipinski definition) is 1. The van der Waals surface area contributed by atoms with Gasteiger partial charge in [0.2, 0.25) is 0 Å². The van der Waals surface area contributed by atoms with Crippen molar-refractivity contribution in [3.63, 3.8) is 0 Å². The molecule has 0 atom stereocenters. The lowest BCUT2D eigenvalue weighted by molar-refractivity contribution is 0.556. The summed E-state index contributed by atoms with van der Waals surface area (Å²) in [5.74, 6) is 0. The number of para-hydroxylation sites is 1. The van der Waals surface area contributed by atoms with Gasteiger partial charge in [-0.2, -0.15) is 0 Å². The van der Waals surface area contributed by atoms with Gasteiger partial charge in [0.15, 0.2) is 0 Å². The lowest BCUT2D eigenvalue weighted by atomic mass is 10.0. The average molecular weight is 449 g/mol. The molecule has 0 bridgehead atoms. The first-order valence-corrected chi connectivity index (χ1v) is 11.6. The van der Waals surface area contributed by atoms with Gasteiger partial charge in [-0.1, -0.05) is 36.4 Å². The van der Waals surface area contributed by atoms with Crippen LogP contribution < -0.4 is 15.2 Å². The van der Waals surface area contributed by atoms with Gasteiger partial charge in [-0.25, -0.2) is 13.2 Å². The second-order valence-corrected chi connectivity index (χ2v) is 9.63. The van der Waals surface area contributed by atoms with Crippen LogP contribution in [-0.2, 0) is 16.6 Å². The monoisotopic (exact) mass is 448 g/mol. The minimum Gasteiger partial charge on any atom is -0.422 e. The van der Waals surface area contributed by atoms with E-state index < -0.39 is 15.6 Å². The van der Waals surface area contributed by atoms with Crippen LogP contribution in [0.2, 0.25) is 0 Å². The Balaban J connectivity index is 1.62. The minimum atomic E-state index is -3.72. The van der Waals surface area contributed by atoms with Gasteiger partial charge in [0.1, 0.15) is 5.58 Å². The third kappa shape index (κ3) is 4.11. The maximum atomic E-state index is 13.1. The van der Waals surface area contributed by atoms with Crippen molar-refractivity contribution < 1.29 is 12.8 Å². The minimum absolute atomic E-state index is 0.178. The van der Waals surface area contributed by atoms with E-state index in [0.717, 1.165) is 22.1 Å². The Morgan fingerprint density at radius 2 is 1.69 bits per heavy atom. The van der Waals surface area contributed by atoms with Crippen LogP contribution in [0.25, 0.3) is 11.0 Å². The van der Waals surface area contributed by atoms with Crippen molar-refractivity contribution in [1.29, 1.82) is 0 Å². The third-order valence-electron chi connectivity index (χ3n) is 5.61. The van der Waals surface area contributed by atoms with Crippen LogP contribution in [0.5, 0.6) is 0 Å². The number of fused-ring (bicyclic) bond motifs is 1. The van der Waals surface area contributed by atoms with Gasteiger partial charge in [0.25, 0.3) is 10.0 Å². The van der Waals surface area contributed by atoms with E-state index in [1.165, 1.54) is 17.4 Å². The summed E-state index contributed by atoms with van der Waals surface area (Å²) in [6.07, 6.45) is 0. The Hall–Kier alpha value is -3.58. The van der Waals surface area contributed by atoms with Crippen LogP contribution in [-0.4, -0.2) is 15.5 Å². The fourth-order valence-electron chi connectivity index (χ4n) is 3.57. The first-order valence-electron chi connectivity index (χ1n) is 10.2. The molecule has 0 unspecified atom stereocenters. The van der Waals surface area contributed by atoms with Crippen LogP contribution in [0.15, 0.2) is 86.9 Å². The van der Waals surface area contributed by atoms with Crippen LogP contribution in [0.1, 0.15) is 16.7 Å². The van der Waals surface area contributed by atoms with Crippen molar-refractivity contribution in [2.75, 3.05) is 16.7 Å². The molecular formula is C25H24N2O4S. The molecule has 7 heteroatoms. The fourth-order valence-corrected chi connectivity index (χ4v) is 4.81. The molecule has 0 aliphatic carbocycles. The van der Waals surface area contributed by atoms with Crippen molar-refractivity contribution in [2.45, 2.75) is 25.3 Å². The van der Waals surface area contributed by atoms with E-state index >= 15 is 0 Å². The number of sulfonamides is 1. The van der Waals surface area contributed by atoms with E-state index in [1.54, 1.807) is 48.5 Å². The molecular weight excluding hydrogens is 424 g/mol. The highest BCUT2D eigenvalue weighted by Gasteiger charge is 2.21. The smallest absolute Gasteiger partial charge is 0.336 e. The van der Waals surface area contributed by atoms with E-state index in [-0.39, 0.29) is 4.90 Å². The van der Waals surface area contributed by atoms with Crippen LogP contribution >= 0.6 is 0 Å². The molecule has 0 radical (unpaired) electrons. The van der Waals surface area contributed by atoms with Gasteiger partial charge in [0.05, 0.1) is 10.6 Å². The molecule has 6 nitrogen and oxygen atoms in total. The number of benzene rings is 3. The van der Waals surface area contributed by atoms with Gasteiger partial charge < -0.3 is 9.73 Å². The van der Waals surface area contributed by atoms with Gasteiger partial charge >= 0.3 is 5.63 Å². The molecule has 0 fully saturated rings. The largest absolute Gasteiger partial charge is 0.422 e. The van der Waals surface area contributed by atoms with Gasteiger partial charge in [-0.3, -0.25) is 4.31 Å². The van der Waals surface area contributed by atoms with E-state index in [2.05, 4.69) is 5.32 Å². The normalized spacial score (nSPS) is 11.5. The molecule has 1 aromatic heterocycles. The molecule has 0 aliphatic heterocycles. The summed E-state index contributed by atoms with van der Waals surface area (Å²) in [7, 11) is -2.19. The summed E-state index contributed by atoms with van der Waals surface area (Å²) < 4.78 is 32.9. The highest BCUT2D eigenvalue weighted by atomic mass is 32.2. The molecule has 4 rings (SSSR count). The van der Waals surface area contributed by atoms with Crippen LogP contribution in [0.3, 0.4) is 0 Å². The topological polar surface area (TPSA) is 79.6 Å². The Bertz CT molecular complexity index is 1440. The summed E-state index contributed by atoms with van der Waals surface area (Å²) in [6.45, 7) is 4.25. The summed E-state index contributed by atoms with van der Waals surface area (Å²) in [6, 6.07) is 21.0. The fraction of sp³-hybridized carbons (Fsp3) is 0.160. The third-order valence-corrected chi connectivity index (χ3v) is 7.39. The Morgan fingerprint density at radius 1 is 0.938 bits per heavy atom. The number of nitrogens with one attached hydrogen (secondary N) is 1. The van der Waals surface area contributed by atoms with E-state index in [1.807, 2.05) is 32.0 Å². The Morgan fingerprint density at radius 3 is 2.44 bits per heavy atom. The summed E-state index contributed by atoms with van der Waals surface area (Å²) in [4.78, 5) is 12.3. The lowest BCUT2D eigenvalue weighted by Gasteiger charge is -2.20. The number of hydrogen-bond acceptors (Lipinski definition) is 5. The zero-order valence-corrected chi connectivity index (χ0v) is 18.9. The molecule has 4 aromatic rings. The zero-order valence-electron chi connectivity index (χ0n) is 18.1. The molecule has 0 saturated carbocycles. The van der Waals surface area contributed by atoms with Gasteiger partial charge in [-0.15, -0.1) is 0 Å². The van der Waals surface area contributed by atoms with Gasteiger partial charge in [-0.05, 0) is 60.9 Å². The van der Waals surface area contributed by atoms with Crippen molar-refractivity contribution in [3.8, 4) is 0 Å². The van der Waals surface area contributed by atoms with Crippen molar-refractivity contribution in [1.82, 2.24) is 0 Å². The highest BCUT2D eigenvalue weighted by molar-refractivity contribution is 7.92. The second kappa shape index (κ2) is 8.51. The molecule has 164 valence electrons. The standard InChI is InChI=1S/C25H24N2O4S/c1-17-12-13-23-19(14-24(28)31-25(23)18(17)2)16-26-20-8-7-11-22(15-20)32(29,30)27(3)21-9-5-4-6-10-21/h4-15,26H,16H2,1-3H3. The van der Waals surface area contributed by atoms with Gasteiger partial charge in [0, 0.05) is 30.7 Å². The van der Waals surface area contributed by atoms with E-state index in [4.69, 9.17) is 4.42 Å².